The average Bonchev–Trinajstić information content (AvgIpc) is 3.23. The molecule has 7 nitrogen and oxygen atoms in total. The number of aromatic nitrogens is 3. The zero-order valence-electron chi connectivity index (χ0n) is 16.3. The Hall–Kier alpha value is -3.03. The van der Waals surface area contributed by atoms with Gasteiger partial charge in [0.2, 0.25) is 0 Å². The highest BCUT2D eigenvalue weighted by Gasteiger charge is 2.14. The van der Waals surface area contributed by atoms with E-state index in [9.17, 15) is 0 Å². The molecule has 1 aromatic carbocycles. The second kappa shape index (κ2) is 8.14. The Morgan fingerprint density at radius 1 is 0.966 bits per heavy atom. The molecule has 2 aliphatic heterocycles. The number of allylic oxidation sites excluding steroid dienone is 1. The maximum atomic E-state index is 5.41. The van der Waals surface area contributed by atoms with Gasteiger partial charge in [-0.2, -0.15) is 5.10 Å². The van der Waals surface area contributed by atoms with Gasteiger partial charge in [0.05, 0.1) is 25.1 Å². The average molecular weight is 388 g/mol. The second-order valence-corrected chi connectivity index (χ2v) is 7.30. The molecular weight excluding hydrogens is 364 g/mol. The summed E-state index contributed by atoms with van der Waals surface area (Å²) in [4.78, 5) is 14.1. The molecule has 2 aromatic heterocycles. The molecule has 0 aliphatic carbocycles. The van der Waals surface area contributed by atoms with Crippen LogP contribution in [0.2, 0.25) is 0 Å². The minimum Gasteiger partial charge on any atom is -0.379 e. The Labute approximate surface area is 169 Å². The zero-order valence-corrected chi connectivity index (χ0v) is 16.3. The Kier molecular flexibility index (Phi) is 5.06. The summed E-state index contributed by atoms with van der Waals surface area (Å²) in [5.41, 5.74) is 4.93. The summed E-state index contributed by atoms with van der Waals surface area (Å²) in [6.45, 7) is 6.41. The van der Waals surface area contributed by atoms with Gasteiger partial charge < -0.3 is 9.64 Å². The SMILES string of the molecule is C1=CN(CCN2CCOCC2)CN=C1c1cnc2c(-c3ccccc3)cnn2c1. The fraction of sp³-hybridized carbons (Fsp3) is 0.318. The van der Waals surface area contributed by atoms with Crippen molar-refractivity contribution in [1.82, 2.24) is 24.4 Å². The number of benzene rings is 1. The van der Waals surface area contributed by atoms with Gasteiger partial charge in [-0.15, -0.1) is 0 Å². The van der Waals surface area contributed by atoms with E-state index < -0.39 is 0 Å². The Bertz CT molecular complexity index is 1040. The van der Waals surface area contributed by atoms with Gasteiger partial charge in [-0.3, -0.25) is 9.89 Å². The van der Waals surface area contributed by atoms with Crippen molar-refractivity contribution in [2.24, 2.45) is 4.99 Å². The molecule has 0 unspecified atom stereocenters. The molecule has 1 saturated heterocycles. The largest absolute Gasteiger partial charge is 0.379 e. The molecular formula is C22H24N6O. The number of nitrogens with zero attached hydrogens (tertiary/aromatic N) is 6. The van der Waals surface area contributed by atoms with Crippen LogP contribution in [-0.2, 0) is 4.74 Å². The Balaban J connectivity index is 1.27. The summed E-state index contributed by atoms with van der Waals surface area (Å²) in [7, 11) is 0. The maximum absolute atomic E-state index is 5.41. The van der Waals surface area contributed by atoms with Gasteiger partial charge in [0, 0.05) is 55.9 Å². The van der Waals surface area contributed by atoms with E-state index >= 15 is 0 Å². The summed E-state index contributed by atoms with van der Waals surface area (Å²) >= 11 is 0. The Morgan fingerprint density at radius 3 is 2.62 bits per heavy atom. The number of morpholine rings is 1. The van der Waals surface area contributed by atoms with Crippen molar-refractivity contribution >= 4 is 11.4 Å². The smallest absolute Gasteiger partial charge is 0.162 e. The Morgan fingerprint density at radius 2 is 1.83 bits per heavy atom. The molecule has 0 radical (unpaired) electrons. The van der Waals surface area contributed by atoms with Crippen LogP contribution in [0.4, 0.5) is 0 Å². The molecule has 29 heavy (non-hydrogen) atoms. The van der Waals surface area contributed by atoms with Gasteiger partial charge in [-0.1, -0.05) is 30.3 Å². The fourth-order valence-corrected chi connectivity index (χ4v) is 3.70. The van der Waals surface area contributed by atoms with E-state index in [0.717, 1.165) is 67.4 Å². The predicted molar refractivity (Wildman–Crippen MR) is 113 cm³/mol. The van der Waals surface area contributed by atoms with Crippen LogP contribution in [0.25, 0.3) is 16.8 Å². The van der Waals surface area contributed by atoms with E-state index in [0.29, 0.717) is 6.67 Å². The van der Waals surface area contributed by atoms with Crippen molar-refractivity contribution in [3.05, 3.63) is 66.8 Å². The molecule has 5 rings (SSSR count). The molecule has 3 aromatic rings. The van der Waals surface area contributed by atoms with Crippen LogP contribution >= 0.6 is 0 Å². The third kappa shape index (κ3) is 3.92. The van der Waals surface area contributed by atoms with Crippen LogP contribution in [0.15, 0.2) is 66.2 Å². The van der Waals surface area contributed by atoms with Crippen molar-refractivity contribution in [2.75, 3.05) is 46.1 Å². The highest BCUT2D eigenvalue weighted by Crippen LogP contribution is 2.23. The summed E-state index contributed by atoms with van der Waals surface area (Å²) in [5, 5.41) is 4.50. The first-order valence-corrected chi connectivity index (χ1v) is 10.0. The fourth-order valence-electron chi connectivity index (χ4n) is 3.70. The van der Waals surface area contributed by atoms with E-state index in [1.807, 2.05) is 41.3 Å². The van der Waals surface area contributed by atoms with Crippen LogP contribution in [0, 0.1) is 0 Å². The molecule has 0 amide bonds. The van der Waals surface area contributed by atoms with Crippen LogP contribution < -0.4 is 0 Å². The van der Waals surface area contributed by atoms with E-state index in [1.165, 1.54) is 0 Å². The molecule has 0 spiro atoms. The number of ether oxygens (including phenoxy) is 1. The van der Waals surface area contributed by atoms with Crippen molar-refractivity contribution < 1.29 is 4.74 Å². The summed E-state index contributed by atoms with van der Waals surface area (Å²) in [6, 6.07) is 10.2. The first-order chi connectivity index (χ1) is 14.4. The van der Waals surface area contributed by atoms with Crippen molar-refractivity contribution in [3.63, 3.8) is 0 Å². The van der Waals surface area contributed by atoms with Gasteiger partial charge >= 0.3 is 0 Å². The van der Waals surface area contributed by atoms with Crippen molar-refractivity contribution in [2.45, 2.75) is 0 Å². The van der Waals surface area contributed by atoms with Crippen LogP contribution in [0.1, 0.15) is 5.56 Å². The number of fused-ring (bicyclic) bond motifs is 1. The number of aliphatic imine (C=N–C) groups is 1. The van der Waals surface area contributed by atoms with Crippen LogP contribution in [0.5, 0.6) is 0 Å². The number of rotatable bonds is 5. The molecule has 2 aliphatic rings. The van der Waals surface area contributed by atoms with Gasteiger partial charge in [0.1, 0.15) is 6.67 Å². The standard InChI is InChI=1S/C22H24N6O/c1-2-4-18(5-3-1)20-15-25-28-16-19(14-23-22(20)28)21-6-7-27(17-24-21)9-8-26-10-12-29-13-11-26/h1-7,14-16H,8-13,17H2. The van der Waals surface area contributed by atoms with E-state index in [1.54, 1.807) is 0 Å². The van der Waals surface area contributed by atoms with Crippen molar-refractivity contribution in [3.8, 4) is 11.1 Å². The lowest BCUT2D eigenvalue weighted by atomic mass is 10.1. The summed E-state index contributed by atoms with van der Waals surface area (Å²) < 4.78 is 7.24. The molecule has 148 valence electrons. The second-order valence-electron chi connectivity index (χ2n) is 7.30. The normalized spacial score (nSPS) is 17.7. The third-order valence-corrected chi connectivity index (χ3v) is 5.41. The lowest BCUT2D eigenvalue weighted by Crippen LogP contribution is -2.40. The first-order valence-electron chi connectivity index (χ1n) is 10.0. The molecule has 0 N–H and O–H groups in total. The number of hydrogen-bond donors (Lipinski definition) is 0. The van der Waals surface area contributed by atoms with Crippen LogP contribution in [0.3, 0.4) is 0 Å². The first kappa shape index (κ1) is 18.0. The summed E-state index contributed by atoms with van der Waals surface area (Å²) in [6.07, 6.45) is 9.95. The van der Waals surface area contributed by atoms with E-state index in [2.05, 4.69) is 44.3 Å². The van der Waals surface area contributed by atoms with Gasteiger partial charge in [-0.05, 0) is 11.6 Å². The minimum absolute atomic E-state index is 0.669. The molecule has 0 bridgehead atoms. The highest BCUT2D eigenvalue weighted by atomic mass is 16.5. The maximum Gasteiger partial charge on any atom is 0.162 e. The minimum atomic E-state index is 0.669. The lowest BCUT2D eigenvalue weighted by molar-refractivity contribution is 0.0353. The molecule has 7 heteroatoms. The summed E-state index contributed by atoms with van der Waals surface area (Å²) in [5.74, 6) is 0. The third-order valence-electron chi connectivity index (χ3n) is 5.41. The van der Waals surface area contributed by atoms with Crippen LogP contribution in [-0.4, -0.2) is 76.2 Å². The zero-order chi connectivity index (χ0) is 19.5. The monoisotopic (exact) mass is 388 g/mol. The van der Waals surface area contributed by atoms with Gasteiger partial charge in [-0.25, -0.2) is 9.50 Å². The van der Waals surface area contributed by atoms with Gasteiger partial charge in [0.25, 0.3) is 0 Å². The van der Waals surface area contributed by atoms with Crippen molar-refractivity contribution in [1.29, 1.82) is 0 Å². The molecule has 0 atom stereocenters. The number of hydrogen-bond acceptors (Lipinski definition) is 6. The quantitative estimate of drug-likeness (QED) is 0.671. The molecule has 4 heterocycles. The topological polar surface area (TPSA) is 58.3 Å². The van der Waals surface area contributed by atoms with E-state index in [4.69, 9.17) is 9.73 Å². The highest BCUT2D eigenvalue weighted by molar-refractivity contribution is 6.08. The predicted octanol–water partition coefficient (Wildman–Crippen LogP) is 2.30. The van der Waals surface area contributed by atoms with E-state index in [-0.39, 0.29) is 0 Å². The van der Waals surface area contributed by atoms with Gasteiger partial charge in [0.15, 0.2) is 5.65 Å². The lowest BCUT2D eigenvalue weighted by Gasteiger charge is -2.29. The molecule has 1 fully saturated rings. The molecule has 0 saturated carbocycles.